The van der Waals surface area contributed by atoms with Crippen LogP contribution in [0.2, 0.25) is 15.1 Å². The SMILES string of the molecule is O=Cc1c(Cl)cccc1Oc1ccc(Cl)cc1Cl. The van der Waals surface area contributed by atoms with Gasteiger partial charge in [0.15, 0.2) is 6.29 Å². The van der Waals surface area contributed by atoms with E-state index in [0.29, 0.717) is 32.9 Å². The fraction of sp³-hybridized carbons (Fsp3) is 0. The number of hydrogen-bond donors (Lipinski definition) is 0. The van der Waals surface area contributed by atoms with Crippen LogP contribution in [0.4, 0.5) is 0 Å². The molecule has 2 aromatic rings. The quantitative estimate of drug-likeness (QED) is 0.724. The van der Waals surface area contributed by atoms with Crippen LogP contribution in [0.1, 0.15) is 10.4 Å². The lowest BCUT2D eigenvalue weighted by Gasteiger charge is -2.10. The number of aldehydes is 1. The van der Waals surface area contributed by atoms with E-state index in [0.717, 1.165) is 0 Å². The summed E-state index contributed by atoms with van der Waals surface area (Å²) in [6.45, 7) is 0. The predicted octanol–water partition coefficient (Wildman–Crippen LogP) is 5.25. The molecule has 0 aliphatic rings. The standard InChI is InChI=1S/C13H7Cl3O2/c14-8-4-5-13(11(16)6-8)18-12-3-1-2-10(15)9(12)7-17/h1-7H. The van der Waals surface area contributed by atoms with Crippen molar-refractivity contribution in [1.29, 1.82) is 0 Å². The van der Waals surface area contributed by atoms with Crippen LogP contribution in [0.5, 0.6) is 11.5 Å². The Balaban J connectivity index is 2.40. The highest BCUT2D eigenvalue weighted by Crippen LogP contribution is 2.34. The molecule has 0 unspecified atom stereocenters. The normalized spacial score (nSPS) is 10.2. The first kappa shape index (κ1) is 13.2. The van der Waals surface area contributed by atoms with Crippen molar-refractivity contribution in [2.75, 3.05) is 0 Å². The molecule has 0 spiro atoms. The molecule has 92 valence electrons. The number of rotatable bonds is 3. The average molecular weight is 302 g/mol. The highest BCUT2D eigenvalue weighted by molar-refractivity contribution is 6.35. The van der Waals surface area contributed by atoms with Crippen molar-refractivity contribution in [2.45, 2.75) is 0 Å². The van der Waals surface area contributed by atoms with Crippen LogP contribution < -0.4 is 4.74 Å². The molecule has 5 heteroatoms. The maximum atomic E-state index is 11.0. The van der Waals surface area contributed by atoms with E-state index in [1.165, 1.54) is 0 Å². The molecule has 18 heavy (non-hydrogen) atoms. The number of ether oxygens (including phenoxy) is 1. The molecule has 0 bridgehead atoms. The maximum Gasteiger partial charge on any atom is 0.155 e. The second-order valence-corrected chi connectivity index (χ2v) is 4.70. The van der Waals surface area contributed by atoms with Gasteiger partial charge in [-0.3, -0.25) is 4.79 Å². The lowest BCUT2D eigenvalue weighted by molar-refractivity contribution is 0.112. The number of hydrogen-bond acceptors (Lipinski definition) is 2. The molecule has 2 aromatic carbocycles. The molecule has 0 aliphatic carbocycles. The van der Waals surface area contributed by atoms with E-state index in [1.54, 1.807) is 36.4 Å². The summed E-state index contributed by atoms with van der Waals surface area (Å²) >= 11 is 17.7. The summed E-state index contributed by atoms with van der Waals surface area (Å²) in [6.07, 6.45) is 0.640. The zero-order chi connectivity index (χ0) is 13.1. The summed E-state index contributed by atoms with van der Waals surface area (Å²) < 4.78 is 5.56. The summed E-state index contributed by atoms with van der Waals surface area (Å²) in [4.78, 5) is 11.0. The largest absolute Gasteiger partial charge is 0.455 e. The second kappa shape index (κ2) is 5.61. The van der Waals surface area contributed by atoms with Crippen molar-refractivity contribution >= 4 is 41.1 Å². The minimum Gasteiger partial charge on any atom is -0.455 e. The monoisotopic (exact) mass is 300 g/mol. The van der Waals surface area contributed by atoms with Gasteiger partial charge in [-0.15, -0.1) is 0 Å². The molecule has 2 rings (SSSR count). The van der Waals surface area contributed by atoms with Crippen LogP contribution in [0.15, 0.2) is 36.4 Å². The van der Waals surface area contributed by atoms with Crippen molar-refractivity contribution in [3.8, 4) is 11.5 Å². The number of benzene rings is 2. The predicted molar refractivity (Wildman–Crippen MR) is 73.4 cm³/mol. The molecular weight excluding hydrogens is 294 g/mol. The molecule has 0 N–H and O–H groups in total. The summed E-state index contributed by atoms with van der Waals surface area (Å²) in [5.41, 5.74) is 0.283. The number of halogens is 3. The molecule has 0 radical (unpaired) electrons. The lowest BCUT2D eigenvalue weighted by atomic mass is 10.2. The third kappa shape index (κ3) is 2.78. The van der Waals surface area contributed by atoms with Gasteiger partial charge in [-0.1, -0.05) is 40.9 Å². The van der Waals surface area contributed by atoms with Crippen molar-refractivity contribution in [1.82, 2.24) is 0 Å². The molecule has 0 aliphatic heterocycles. The Hall–Kier alpha value is -1.22. The third-order valence-electron chi connectivity index (χ3n) is 2.24. The van der Waals surface area contributed by atoms with Crippen LogP contribution in [0.25, 0.3) is 0 Å². The summed E-state index contributed by atoms with van der Waals surface area (Å²) in [5, 5.41) is 1.20. The van der Waals surface area contributed by atoms with Crippen molar-refractivity contribution < 1.29 is 9.53 Å². The highest BCUT2D eigenvalue weighted by atomic mass is 35.5. The van der Waals surface area contributed by atoms with E-state index >= 15 is 0 Å². The first-order valence-corrected chi connectivity index (χ1v) is 6.12. The Morgan fingerprint density at radius 1 is 0.944 bits per heavy atom. The Morgan fingerprint density at radius 2 is 1.72 bits per heavy atom. The summed E-state index contributed by atoms with van der Waals surface area (Å²) in [7, 11) is 0. The van der Waals surface area contributed by atoms with Gasteiger partial charge in [0.25, 0.3) is 0 Å². The molecular formula is C13H7Cl3O2. The first-order valence-electron chi connectivity index (χ1n) is 4.98. The van der Waals surface area contributed by atoms with E-state index < -0.39 is 0 Å². The fourth-order valence-electron chi connectivity index (χ4n) is 1.40. The van der Waals surface area contributed by atoms with Gasteiger partial charge in [0.05, 0.1) is 15.6 Å². The van der Waals surface area contributed by atoms with E-state index in [-0.39, 0.29) is 5.56 Å². The first-order chi connectivity index (χ1) is 8.61. The van der Waals surface area contributed by atoms with Crippen molar-refractivity contribution in [3.63, 3.8) is 0 Å². The molecule has 0 saturated heterocycles. The Labute approximate surface area is 119 Å². The summed E-state index contributed by atoms with van der Waals surface area (Å²) in [6, 6.07) is 9.77. The van der Waals surface area contributed by atoms with Crippen LogP contribution in [0, 0.1) is 0 Å². The van der Waals surface area contributed by atoms with Crippen LogP contribution in [-0.2, 0) is 0 Å². The molecule has 2 nitrogen and oxygen atoms in total. The average Bonchev–Trinajstić information content (AvgIpc) is 2.33. The Kier molecular flexibility index (Phi) is 4.12. The lowest BCUT2D eigenvalue weighted by Crippen LogP contribution is -1.91. The highest BCUT2D eigenvalue weighted by Gasteiger charge is 2.10. The minimum absolute atomic E-state index is 0.283. The second-order valence-electron chi connectivity index (χ2n) is 3.45. The molecule has 0 amide bonds. The zero-order valence-corrected chi connectivity index (χ0v) is 11.3. The molecule has 0 aromatic heterocycles. The third-order valence-corrected chi connectivity index (χ3v) is 3.10. The van der Waals surface area contributed by atoms with Crippen LogP contribution >= 0.6 is 34.8 Å². The smallest absolute Gasteiger partial charge is 0.155 e. The molecule has 0 atom stereocenters. The molecule has 0 saturated carbocycles. The maximum absolute atomic E-state index is 11.0. The molecule has 0 fully saturated rings. The number of carbonyl (C=O) groups is 1. The van der Waals surface area contributed by atoms with Gasteiger partial charge in [-0.25, -0.2) is 0 Å². The van der Waals surface area contributed by atoms with Crippen LogP contribution in [0.3, 0.4) is 0 Å². The van der Waals surface area contributed by atoms with E-state index in [2.05, 4.69) is 0 Å². The van der Waals surface area contributed by atoms with E-state index in [1.807, 2.05) is 0 Å². The van der Waals surface area contributed by atoms with Gasteiger partial charge < -0.3 is 4.74 Å². The van der Waals surface area contributed by atoms with Crippen LogP contribution in [-0.4, -0.2) is 6.29 Å². The Bertz CT molecular complexity index is 597. The van der Waals surface area contributed by atoms with Crippen molar-refractivity contribution in [3.05, 3.63) is 57.0 Å². The zero-order valence-electron chi connectivity index (χ0n) is 8.99. The minimum atomic E-state index is 0.283. The van der Waals surface area contributed by atoms with Crippen molar-refractivity contribution in [2.24, 2.45) is 0 Å². The van der Waals surface area contributed by atoms with E-state index in [4.69, 9.17) is 39.5 Å². The van der Waals surface area contributed by atoms with Gasteiger partial charge >= 0.3 is 0 Å². The Morgan fingerprint density at radius 3 is 2.39 bits per heavy atom. The molecule has 0 heterocycles. The number of carbonyl (C=O) groups excluding carboxylic acids is 1. The topological polar surface area (TPSA) is 26.3 Å². The van der Waals surface area contributed by atoms with Gasteiger partial charge in [0.2, 0.25) is 0 Å². The van der Waals surface area contributed by atoms with Gasteiger partial charge in [-0.2, -0.15) is 0 Å². The van der Waals surface area contributed by atoms with Gasteiger partial charge in [-0.05, 0) is 30.3 Å². The summed E-state index contributed by atoms with van der Waals surface area (Å²) in [5.74, 6) is 0.758. The van der Waals surface area contributed by atoms with Gasteiger partial charge in [0, 0.05) is 5.02 Å². The van der Waals surface area contributed by atoms with Gasteiger partial charge in [0.1, 0.15) is 11.5 Å². The fourth-order valence-corrected chi connectivity index (χ4v) is 2.05. The van der Waals surface area contributed by atoms with E-state index in [9.17, 15) is 4.79 Å².